The number of anilines is 2. The molecule has 0 aliphatic heterocycles. The predicted octanol–water partition coefficient (Wildman–Crippen LogP) is 4.20. The van der Waals surface area contributed by atoms with Gasteiger partial charge in [-0.2, -0.15) is 0 Å². The van der Waals surface area contributed by atoms with E-state index in [-0.39, 0.29) is 5.91 Å². The Morgan fingerprint density at radius 3 is 2.74 bits per heavy atom. The van der Waals surface area contributed by atoms with Crippen LogP contribution in [-0.4, -0.2) is 23.0 Å². The molecule has 7 heteroatoms. The number of aromatic nitrogens is 2. The third-order valence-corrected chi connectivity index (χ3v) is 5.22. The van der Waals surface area contributed by atoms with Gasteiger partial charge in [0.05, 0.1) is 18.5 Å². The van der Waals surface area contributed by atoms with Gasteiger partial charge in [0.25, 0.3) is 5.91 Å². The quantitative estimate of drug-likeness (QED) is 0.557. The van der Waals surface area contributed by atoms with Crippen LogP contribution >= 0.6 is 11.3 Å². The number of fused-ring (bicyclic) bond motifs is 1. The summed E-state index contributed by atoms with van der Waals surface area (Å²) in [6.45, 7) is 0. The molecule has 3 N–H and O–H groups in total. The number of ether oxygens (including phenoxy) is 1. The Bertz CT molecular complexity index is 1130. The fourth-order valence-corrected chi connectivity index (χ4v) is 3.73. The first-order valence-corrected chi connectivity index (χ1v) is 9.02. The SMILES string of the molecule is COc1cccc(NC(=O)c2sc3nc(-c4ccncc4)ccc3c2N)c1. The topological polar surface area (TPSA) is 90.1 Å². The Hall–Kier alpha value is -3.45. The van der Waals surface area contributed by atoms with Gasteiger partial charge in [-0.05, 0) is 36.4 Å². The number of carbonyl (C=O) groups excluding carboxylic acids is 1. The Labute approximate surface area is 159 Å². The van der Waals surface area contributed by atoms with Crippen molar-refractivity contribution in [1.82, 2.24) is 9.97 Å². The van der Waals surface area contributed by atoms with E-state index in [9.17, 15) is 4.79 Å². The van der Waals surface area contributed by atoms with Gasteiger partial charge in [0, 0.05) is 35.1 Å². The predicted molar refractivity (Wildman–Crippen MR) is 108 cm³/mol. The van der Waals surface area contributed by atoms with Crippen molar-refractivity contribution in [3.05, 3.63) is 65.8 Å². The maximum Gasteiger partial charge on any atom is 0.267 e. The molecule has 3 heterocycles. The molecule has 0 spiro atoms. The van der Waals surface area contributed by atoms with Gasteiger partial charge in [-0.25, -0.2) is 4.98 Å². The van der Waals surface area contributed by atoms with Crippen LogP contribution in [-0.2, 0) is 0 Å². The van der Waals surface area contributed by atoms with Crippen molar-refractivity contribution in [1.29, 1.82) is 0 Å². The lowest BCUT2D eigenvalue weighted by Gasteiger charge is -2.06. The second-order valence-electron chi connectivity index (χ2n) is 5.82. The minimum Gasteiger partial charge on any atom is -0.497 e. The van der Waals surface area contributed by atoms with Crippen LogP contribution in [0.5, 0.6) is 5.75 Å². The molecule has 4 aromatic rings. The van der Waals surface area contributed by atoms with Crippen molar-refractivity contribution in [2.75, 3.05) is 18.2 Å². The number of nitrogens with one attached hydrogen (secondary N) is 1. The van der Waals surface area contributed by atoms with E-state index in [1.54, 1.807) is 31.6 Å². The lowest BCUT2D eigenvalue weighted by molar-refractivity contribution is 0.103. The standard InChI is InChI=1S/C20H16N4O2S/c1-26-14-4-2-3-13(11-14)23-19(25)18-17(21)15-5-6-16(24-20(15)27-18)12-7-9-22-10-8-12/h2-11H,21H2,1H3,(H,23,25). The molecule has 0 bridgehead atoms. The van der Waals surface area contributed by atoms with Gasteiger partial charge < -0.3 is 15.8 Å². The first-order chi connectivity index (χ1) is 13.2. The number of hydrogen-bond donors (Lipinski definition) is 2. The van der Waals surface area contributed by atoms with Crippen LogP contribution in [0.3, 0.4) is 0 Å². The zero-order valence-electron chi connectivity index (χ0n) is 14.5. The minimum atomic E-state index is -0.269. The Balaban J connectivity index is 1.67. The third kappa shape index (κ3) is 3.32. The van der Waals surface area contributed by atoms with Crippen LogP contribution in [0.4, 0.5) is 11.4 Å². The van der Waals surface area contributed by atoms with Gasteiger partial charge in [0.2, 0.25) is 0 Å². The number of pyridine rings is 2. The maximum atomic E-state index is 12.7. The molecule has 0 saturated heterocycles. The molecule has 0 atom stereocenters. The number of nitrogens with two attached hydrogens (primary N) is 1. The number of nitrogen functional groups attached to an aromatic ring is 1. The highest BCUT2D eigenvalue weighted by Crippen LogP contribution is 2.34. The second-order valence-corrected chi connectivity index (χ2v) is 6.82. The molecular formula is C20H16N4O2S. The molecule has 1 aromatic carbocycles. The van der Waals surface area contributed by atoms with Crippen molar-refractivity contribution in [3.8, 4) is 17.0 Å². The van der Waals surface area contributed by atoms with E-state index >= 15 is 0 Å². The van der Waals surface area contributed by atoms with Crippen molar-refractivity contribution < 1.29 is 9.53 Å². The van der Waals surface area contributed by atoms with Gasteiger partial charge in [0.15, 0.2) is 0 Å². The third-order valence-electron chi connectivity index (χ3n) is 4.10. The van der Waals surface area contributed by atoms with E-state index in [1.807, 2.05) is 36.4 Å². The number of amides is 1. The van der Waals surface area contributed by atoms with Crippen LogP contribution in [0.1, 0.15) is 9.67 Å². The molecule has 0 saturated carbocycles. The monoisotopic (exact) mass is 376 g/mol. The molecule has 0 aliphatic rings. The summed E-state index contributed by atoms with van der Waals surface area (Å²) in [6, 6.07) is 14.7. The summed E-state index contributed by atoms with van der Waals surface area (Å²) in [4.78, 5) is 22.5. The van der Waals surface area contributed by atoms with E-state index in [4.69, 9.17) is 10.5 Å². The lowest BCUT2D eigenvalue weighted by atomic mass is 10.1. The molecular weight excluding hydrogens is 360 g/mol. The molecule has 0 unspecified atom stereocenters. The molecule has 0 aliphatic carbocycles. The van der Waals surface area contributed by atoms with E-state index in [1.165, 1.54) is 11.3 Å². The normalized spacial score (nSPS) is 10.7. The van der Waals surface area contributed by atoms with E-state index < -0.39 is 0 Å². The minimum absolute atomic E-state index is 0.269. The summed E-state index contributed by atoms with van der Waals surface area (Å²) < 4.78 is 5.18. The number of nitrogens with zero attached hydrogens (tertiary/aromatic N) is 2. The molecule has 27 heavy (non-hydrogen) atoms. The highest BCUT2D eigenvalue weighted by molar-refractivity contribution is 7.21. The van der Waals surface area contributed by atoms with Crippen LogP contribution in [0.15, 0.2) is 60.9 Å². The average Bonchev–Trinajstić information content (AvgIpc) is 3.05. The Kier molecular flexibility index (Phi) is 4.43. The van der Waals surface area contributed by atoms with Gasteiger partial charge in [-0.15, -0.1) is 11.3 Å². The Morgan fingerprint density at radius 1 is 1.15 bits per heavy atom. The first kappa shape index (κ1) is 17.0. The van der Waals surface area contributed by atoms with Crippen molar-refractivity contribution in [2.45, 2.75) is 0 Å². The van der Waals surface area contributed by atoms with Gasteiger partial charge in [-0.3, -0.25) is 9.78 Å². The van der Waals surface area contributed by atoms with E-state index in [2.05, 4.69) is 15.3 Å². The number of rotatable bonds is 4. The summed E-state index contributed by atoms with van der Waals surface area (Å²) in [5.41, 5.74) is 9.06. The van der Waals surface area contributed by atoms with E-state index in [0.29, 0.717) is 22.0 Å². The smallest absolute Gasteiger partial charge is 0.267 e. The molecule has 0 radical (unpaired) electrons. The number of benzene rings is 1. The number of methoxy groups -OCH3 is 1. The first-order valence-electron chi connectivity index (χ1n) is 8.20. The Morgan fingerprint density at radius 2 is 1.96 bits per heavy atom. The number of carbonyl (C=O) groups is 1. The summed E-state index contributed by atoms with van der Waals surface area (Å²) in [6.07, 6.45) is 3.44. The summed E-state index contributed by atoms with van der Waals surface area (Å²) >= 11 is 1.28. The van der Waals surface area contributed by atoms with Crippen molar-refractivity contribution >= 4 is 38.8 Å². The number of thiophene rings is 1. The van der Waals surface area contributed by atoms with Crippen molar-refractivity contribution in [2.24, 2.45) is 0 Å². The molecule has 134 valence electrons. The largest absolute Gasteiger partial charge is 0.497 e. The lowest BCUT2D eigenvalue weighted by Crippen LogP contribution is -2.11. The van der Waals surface area contributed by atoms with Crippen LogP contribution < -0.4 is 15.8 Å². The maximum absolute atomic E-state index is 12.7. The highest BCUT2D eigenvalue weighted by Gasteiger charge is 2.18. The van der Waals surface area contributed by atoms with Gasteiger partial charge >= 0.3 is 0 Å². The second kappa shape index (κ2) is 7.05. The molecule has 0 fully saturated rings. The van der Waals surface area contributed by atoms with E-state index in [0.717, 1.165) is 21.5 Å². The zero-order valence-corrected chi connectivity index (χ0v) is 15.3. The molecule has 3 aromatic heterocycles. The van der Waals surface area contributed by atoms with Gasteiger partial charge in [-0.1, -0.05) is 6.07 Å². The molecule has 4 rings (SSSR count). The van der Waals surface area contributed by atoms with Crippen LogP contribution in [0.2, 0.25) is 0 Å². The average molecular weight is 376 g/mol. The fourth-order valence-electron chi connectivity index (χ4n) is 2.74. The summed E-state index contributed by atoms with van der Waals surface area (Å²) in [5, 5.41) is 3.63. The number of hydrogen-bond acceptors (Lipinski definition) is 6. The van der Waals surface area contributed by atoms with Crippen molar-refractivity contribution in [3.63, 3.8) is 0 Å². The van der Waals surface area contributed by atoms with Gasteiger partial charge in [0.1, 0.15) is 15.5 Å². The van der Waals surface area contributed by atoms with Crippen LogP contribution in [0, 0.1) is 0 Å². The molecule has 6 nitrogen and oxygen atoms in total. The highest BCUT2D eigenvalue weighted by atomic mass is 32.1. The zero-order chi connectivity index (χ0) is 18.8. The fraction of sp³-hybridized carbons (Fsp3) is 0.0500. The van der Waals surface area contributed by atoms with Crippen LogP contribution in [0.25, 0.3) is 21.5 Å². The summed E-state index contributed by atoms with van der Waals surface area (Å²) in [5.74, 6) is 0.398. The summed E-state index contributed by atoms with van der Waals surface area (Å²) in [7, 11) is 1.58. The molecule has 1 amide bonds.